The summed E-state index contributed by atoms with van der Waals surface area (Å²) in [6.45, 7) is 1.70. The van der Waals surface area contributed by atoms with Gasteiger partial charge in [-0.25, -0.2) is 0 Å². The molecule has 3 heteroatoms. The van der Waals surface area contributed by atoms with E-state index in [1.54, 1.807) is 6.92 Å². The van der Waals surface area contributed by atoms with Crippen LogP contribution < -0.4 is 0 Å². The topological polar surface area (TPSA) is 43.4 Å². The molecule has 0 bridgehead atoms. The van der Waals surface area contributed by atoms with Gasteiger partial charge in [0.25, 0.3) is 0 Å². The van der Waals surface area contributed by atoms with E-state index in [2.05, 4.69) is 4.74 Å². The zero-order chi connectivity index (χ0) is 12.0. The Balaban J connectivity index is 2.45. The van der Waals surface area contributed by atoms with Gasteiger partial charge in [0.15, 0.2) is 0 Å². The summed E-state index contributed by atoms with van der Waals surface area (Å²) < 4.78 is 4.57. The number of ether oxygens (including phenoxy) is 1. The van der Waals surface area contributed by atoms with E-state index in [-0.39, 0.29) is 24.1 Å². The van der Waals surface area contributed by atoms with Crippen LogP contribution in [-0.2, 0) is 20.7 Å². The van der Waals surface area contributed by atoms with Crippen molar-refractivity contribution in [2.24, 2.45) is 5.92 Å². The van der Waals surface area contributed by atoms with E-state index in [0.717, 1.165) is 5.56 Å². The smallest absolute Gasteiger partial charge is 0.308 e. The highest BCUT2D eigenvalue weighted by atomic mass is 16.5. The molecule has 0 N–H and O–H groups in total. The number of Topliss-reactive ketones (excluding diaryl/α,β-unsaturated/α-hetero) is 1. The summed E-state index contributed by atoms with van der Waals surface area (Å²) in [4.78, 5) is 22.8. The third kappa shape index (κ3) is 3.85. The van der Waals surface area contributed by atoms with Crippen LogP contribution in [0.25, 0.3) is 0 Å². The van der Waals surface area contributed by atoms with Crippen LogP contribution in [0.15, 0.2) is 30.3 Å². The van der Waals surface area contributed by atoms with Crippen LogP contribution in [0.1, 0.15) is 18.9 Å². The Hall–Kier alpha value is -1.64. The second-order valence-corrected chi connectivity index (χ2v) is 3.83. The Labute approximate surface area is 95.4 Å². The molecule has 0 amide bonds. The van der Waals surface area contributed by atoms with Crippen LogP contribution in [-0.4, -0.2) is 18.9 Å². The summed E-state index contributed by atoms with van der Waals surface area (Å²) in [7, 11) is 1.33. The van der Waals surface area contributed by atoms with Crippen LogP contribution in [0.3, 0.4) is 0 Å². The molecular formula is C13H16O3. The fourth-order valence-corrected chi connectivity index (χ4v) is 1.52. The third-order valence-corrected chi connectivity index (χ3v) is 2.38. The molecule has 0 aliphatic rings. The first-order valence-electron chi connectivity index (χ1n) is 5.27. The monoisotopic (exact) mass is 220 g/mol. The van der Waals surface area contributed by atoms with E-state index >= 15 is 0 Å². The number of benzene rings is 1. The number of hydrogen-bond donors (Lipinski definition) is 0. The fraction of sp³-hybridized carbons (Fsp3) is 0.385. The van der Waals surface area contributed by atoms with Gasteiger partial charge in [0, 0.05) is 12.8 Å². The maximum Gasteiger partial charge on any atom is 0.308 e. The number of rotatable bonds is 5. The Kier molecular flexibility index (Phi) is 4.70. The number of esters is 1. The molecule has 0 aromatic heterocycles. The van der Waals surface area contributed by atoms with Crippen molar-refractivity contribution in [1.29, 1.82) is 0 Å². The molecular weight excluding hydrogens is 204 g/mol. The minimum Gasteiger partial charge on any atom is -0.469 e. The molecule has 0 spiro atoms. The van der Waals surface area contributed by atoms with Crippen molar-refractivity contribution >= 4 is 11.8 Å². The van der Waals surface area contributed by atoms with Crippen molar-refractivity contribution in [2.75, 3.05) is 7.11 Å². The normalized spacial score (nSPS) is 11.9. The largest absolute Gasteiger partial charge is 0.469 e. The molecule has 1 rings (SSSR count). The zero-order valence-corrected chi connectivity index (χ0v) is 9.60. The highest BCUT2D eigenvalue weighted by molar-refractivity contribution is 5.85. The second-order valence-electron chi connectivity index (χ2n) is 3.83. The summed E-state index contributed by atoms with van der Waals surface area (Å²) >= 11 is 0. The molecule has 1 atom stereocenters. The van der Waals surface area contributed by atoms with Crippen molar-refractivity contribution in [3.8, 4) is 0 Å². The van der Waals surface area contributed by atoms with E-state index in [1.807, 2.05) is 30.3 Å². The highest BCUT2D eigenvalue weighted by Gasteiger charge is 2.17. The van der Waals surface area contributed by atoms with Gasteiger partial charge in [0.2, 0.25) is 0 Å². The molecule has 0 saturated carbocycles. The van der Waals surface area contributed by atoms with Crippen LogP contribution in [0.5, 0.6) is 0 Å². The predicted octanol–water partition coefficient (Wildman–Crippen LogP) is 2.00. The Morgan fingerprint density at radius 2 is 1.88 bits per heavy atom. The third-order valence-electron chi connectivity index (χ3n) is 2.38. The molecule has 0 radical (unpaired) electrons. The molecule has 3 nitrogen and oxygen atoms in total. The van der Waals surface area contributed by atoms with Crippen molar-refractivity contribution in [2.45, 2.75) is 19.8 Å². The van der Waals surface area contributed by atoms with Gasteiger partial charge in [-0.05, 0) is 5.56 Å². The van der Waals surface area contributed by atoms with Gasteiger partial charge in [0.1, 0.15) is 5.78 Å². The Bertz CT molecular complexity index is 357. The summed E-state index contributed by atoms with van der Waals surface area (Å²) in [5, 5.41) is 0. The van der Waals surface area contributed by atoms with Gasteiger partial charge in [-0.2, -0.15) is 0 Å². The molecule has 0 aliphatic heterocycles. The minimum atomic E-state index is -0.360. The molecule has 0 saturated heterocycles. The van der Waals surface area contributed by atoms with Gasteiger partial charge in [0.05, 0.1) is 13.0 Å². The van der Waals surface area contributed by atoms with Gasteiger partial charge < -0.3 is 4.74 Å². The minimum absolute atomic E-state index is 0.0594. The lowest BCUT2D eigenvalue weighted by molar-refractivity contribution is -0.146. The van der Waals surface area contributed by atoms with Crippen molar-refractivity contribution in [3.05, 3.63) is 35.9 Å². The van der Waals surface area contributed by atoms with E-state index in [4.69, 9.17) is 0 Å². The molecule has 1 unspecified atom stereocenters. The predicted molar refractivity (Wildman–Crippen MR) is 61.0 cm³/mol. The van der Waals surface area contributed by atoms with E-state index in [1.165, 1.54) is 7.11 Å². The number of carbonyl (C=O) groups is 2. The fourth-order valence-electron chi connectivity index (χ4n) is 1.52. The molecule has 1 aromatic carbocycles. The van der Waals surface area contributed by atoms with Crippen LogP contribution >= 0.6 is 0 Å². The number of methoxy groups -OCH3 is 1. The van der Waals surface area contributed by atoms with Gasteiger partial charge in [-0.1, -0.05) is 37.3 Å². The Morgan fingerprint density at radius 1 is 1.25 bits per heavy atom. The first-order chi connectivity index (χ1) is 7.63. The van der Waals surface area contributed by atoms with Gasteiger partial charge >= 0.3 is 5.97 Å². The average molecular weight is 220 g/mol. The summed E-state index contributed by atoms with van der Waals surface area (Å²) in [5.74, 6) is -0.633. The molecule has 0 fully saturated rings. The average Bonchev–Trinajstić information content (AvgIpc) is 2.29. The zero-order valence-electron chi connectivity index (χ0n) is 9.60. The number of hydrogen-bond acceptors (Lipinski definition) is 3. The lowest BCUT2D eigenvalue weighted by atomic mass is 10.00. The number of carbonyl (C=O) groups excluding carboxylic acids is 2. The maximum atomic E-state index is 11.6. The second kappa shape index (κ2) is 6.05. The van der Waals surface area contributed by atoms with Crippen molar-refractivity contribution in [1.82, 2.24) is 0 Å². The number of ketones is 1. The lowest BCUT2D eigenvalue weighted by Crippen LogP contribution is -2.17. The van der Waals surface area contributed by atoms with Crippen LogP contribution in [0, 0.1) is 5.92 Å². The summed E-state index contributed by atoms with van der Waals surface area (Å²) in [6, 6.07) is 9.51. The standard InChI is InChI=1S/C13H16O3/c1-10(13(15)16-2)8-12(14)9-11-6-4-3-5-7-11/h3-7,10H,8-9H2,1-2H3. The van der Waals surface area contributed by atoms with Gasteiger partial charge in [-0.3, -0.25) is 9.59 Å². The quantitative estimate of drug-likeness (QED) is 0.713. The maximum absolute atomic E-state index is 11.6. The summed E-state index contributed by atoms with van der Waals surface area (Å²) in [5.41, 5.74) is 0.976. The molecule has 86 valence electrons. The highest BCUT2D eigenvalue weighted by Crippen LogP contribution is 2.08. The van der Waals surface area contributed by atoms with Crippen LogP contribution in [0.2, 0.25) is 0 Å². The molecule has 16 heavy (non-hydrogen) atoms. The first kappa shape index (κ1) is 12.4. The molecule has 0 heterocycles. The van der Waals surface area contributed by atoms with Gasteiger partial charge in [-0.15, -0.1) is 0 Å². The SMILES string of the molecule is COC(=O)C(C)CC(=O)Cc1ccccc1. The van der Waals surface area contributed by atoms with Crippen LogP contribution in [0.4, 0.5) is 0 Å². The Morgan fingerprint density at radius 3 is 2.44 bits per heavy atom. The first-order valence-corrected chi connectivity index (χ1v) is 5.27. The molecule has 1 aromatic rings. The lowest BCUT2D eigenvalue weighted by Gasteiger charge is -2.07. The van der Waals surface area contributed by atoms with E-state index in [9.17, 15) is 9.59 Å². The van der Waals surface area contributed by atoms with Crippen molar-refractivity contribution in [3.63, 3.8) is 0 Å². The van der Waals surface area contributed by atoms with Crippen molar-refractivity contribution < 1.29 is 14.3 Å². The van der Waals surface area contributed by atoms with E-state index < -0.39 is 0 Å². The molecule has 0 aliphatic carbocycles. The van der Waals surface area contributed by atoms with E-state index in [0.29, 0.717) is 6.42 Å². The summed E-state index contributed by atoms with van der Waals surface area (Å²) in [6.07, 6.45) is 0.615.